The minimum Gasteiger partial charge on any atom is -0.465 e. The highest BCUT2D eigenvalue weighted by Crippen LogP contribution is 2.42. The molecule has 6 rings (SSSR count). The lowest BCUT2D eigenvalue weighted by molar-refractivity contribution is -0.146. The molecule has 1 amide bonds. The van der Waals surface area contributed by atoms with Gasteiger partial charge in [-0.15, -0.1) is 0 Å². The van der Waals surface area contributed by atoms with Gasteiger partial charge in [-0.25, -0.2) is 9.97 Å². The van der Waals surface area contributed by atoms with Crippen molar-refractivity contribution in [3.05, 3.63) is 71.8 Å². The van der Waals surface area contributed by atoms with Crippen molar-refractivity contribution in [3.8, 4) is 0 Å². The molecule has 3 aliphatic rings. The molecule has 0 radical (unpaired) electrons. The Labute approximate surface area is 279 Å². The van der Waals surface area contributed by atoms with Crippen LogP contribution >= 0.6 is 0 Å². The van der Waals surface area contributed by atoms with Gasteiger partial charge < -0.3 is 24.5 Å². The SMILES string of the molecule is CC(=O)OCC(Cc1ncc[nH]1)(Cc1ncc[nH]1)CN(Cc1ccc(CN2CCC3(CCN(C4CCCCC4)CC3)C2)cc1)C(C)=O. The molecule has 0 unspecified atom stereocenters. The molecule has 1 saturated carbocycles. The molecule has 2 aliphatic heterocycles. The summed E-state index contributed by atoms with van der Waals surface area (Å²) in [7, 11) is 0. The number of piperidine rings is 1. The van der Waals surface area contributed by atoms with Crippen LogP contribution in [0, 0.1) is 10.8 Å². The zero-order chi connectivity index (χ0) is 32.7. The van der Waals surface area contributed by atoms with E-state index >= 15 is 0 Å². The first-order chi connectivity index (χ1) is 22.8. The third-order valence-electron chi connectivity index (χ3n) is 11.0. The summed E-state index contributed by atoms with van der Waals surface area (Å²) in [5.41, 5.74) is 2.26. The maximum absolute atomic E-state index is 13.1. The molecule has 1 aliphatic carbocycles. The van der Waals surface area contributed by atoms with Gasteiger partial charge in [-0.3, -0.25) is 14.5 Å². The number of aromatic nitrogens is 4. The van der Waals surface area contributed by atoms with Crippen LogP contribution in [0.3, 0.4) is 0 Å². The van der Waals surface area contributed by atoms with Crippen molar-refractivity contribution >= 4 is 11.9 Å². The van der Waals surface area contributed by atoms with Gasteiger partial charge in [-0.1, -0.05) is 43.5 Å². The van der Waals surface area contributed by atoms with Crippen LogP contribution in [0.5, 0.6) is 0 Å². The molecule has 254 valence electrons. The fraction of sp³-hybridized carbons (Fsp3) is 0.622. The second kappa shape index (κ2) is 15.2. The van der Waals surface area contributed by atoms with Gasteiger partial charge in [-0.05, 0) is 68.3 Å². The van der Waals surface area contributed by atoms with Gasteiger partial charge >= 0.3 is 5.97 Å². The number of nitrogens with zero attached hydrogens (tertiary/aromatic N) is 5. The quantitative estimate of drug-likeness (QED) is 0.248. The van der Waals surface area contributed by atoms with Crippen LogP contribution in [0.2, 0.25) is 0 Å². The highest BCUT2D eigenvalue weighted by atomic mass is 16.5. The van der Waals surface area contributed by atoms with E-state index in [1.165, 1.54) is 90.0 Å². The predicted molar refractivity (Wildman–Crippen MR) is 181 cm³/mol. The zero-order valence-corrected chi connectivity index (χ0v) is 28.4. The summed E-state index contributed by atoms with van der Waals surface area (Å²) >= 11 is 0. The number of H-pyrrole nitrogens is 2. The summed E-state index contributed by atoms with van der Waals surface area (Å²) in [4.78, 5) is 47.7. The fourth-order valence-electron chi connectivity index (χ4n) is 8.37. The first-order valence-electron chi connectivity index (χ1n) is 17.7. The molecule has 2 aromatic heterocycles. The maximum atomic E-state index is 13.1. The molecule has 4 heterocycles. The van der Waals surface area contributed by atoms with E-state index in [0.29, 0.717) is 31.3 Å². The number of hydrogen-bond acceptors (Lipinski definition) is 7. The molecule has 1 spiro atoms. The minimum atomic E-state index is -0.634. The smallest absolute Gasteiger partial charge is 0.302 e. The average molecular weight is 644 g/mol. The Morgan fingerprint density at radius 3 is 2.11 bits per heavy atom. The van der Waals surface area contributed by atoms with E-state index in [4.69, 9.17) is 4.74 Å². The van der Waals surface area contributed by atoms with Gasteiger partial charge in [0.1, 0.15) is 11.6 Å². The number of nitrogens with one attached hydrogen (secondary N) is 2. The van der Waals surface area contributed by atoms with Crippen molar-refractivity contribution in [2.45, 2.75) is 97.2 Å². The second-order valence-corrected chi connectivity index (χ2v) is 14.7. The Kier molecular flexibility index (Phi) is 10.8. The Morgan fingerprint density at radius 2 is 1.53 bits per heavy atom. The zero-order valence-electron chi connectivity index (χ0n) is 28.4. The molecule has 1 aromatic carbocycles. The Balaban J connectivity index is 1.08. The van der Waals surface area contributed by atoms with Crippen molar-refractivity contribution in [2.75, 3.05) is 39.3 Å². The molecule has 2 saturated heterocycles. The van der Waals surface area contributed by atoms with Gasteiger partial charge in [0.15, 0.2) is 0 Å². The van der Waals surface area contributed by atoms with Crippen LogP contribution in [-0.4, -0.2) is 91.9 Å². The van der Waals surface area contributed by atoms with Crippen molar-refractivity contribution in [1.29, 1.82) is 0 Å². The van der Waals surface area contributed by atoms with E-state index in [1.54, 1.807) is 31.7 Å². The topological polar surface area (TPSA) is 110 Å². The van der Waals surface area contributed by atoms with Crippen molar-refractivity contribution in [1.82, 2.24) is 34.6 Å². The van der Waals surface area contributed by atoms with Gasteiger partial charge in [0, 0.05) is 89.1 Å². The highest BCUT2D eigenvalue weighted by molar-refractivity contribution is 5.73. The average Bonchev–Trinajstić information content (AvgIpc) is 3.86. The monoisotopic (exact) mass is 643 g/mol. The largest absolute Gasteiger partial charge is 0.465 e. The number of aromatic amines is 2. The molecule has 3 aromatic rings. The van der Waals surface area contributed by atoms with E-state index in [2.05, 4.69) is 54.0 Å². The van der Waals surface area contributed by atoms with Crippen LogP contribution in [0.25, 0.3) is 0 Å². The minimum absolute atomic E-state index is 0.0305. The Bertz CT molecular complexity index is 1370. The molecule has 10 heteroatoms. The lowest BCUT2D eigenvalue weighted by Gasteiger charge is -2.43. The van der Waals surface area contributed by atoms with Gasteiger partial charge in [0.2, 0.25) is 5.91 Å². The normalized spacial score (nSPS) is 19.3. The van der Waals surface area contributed by atoms with Crippen LogP contribution in [0.4, 0.5) is 0 Å². The summed E-state index contributed by atoms with van der Waals surface area (Å²) < 4.78 is 5.62. The molecule has 0 bridgehead atoms. The van der Waals surface area contributed by atoms with Gasteiger partial charge in [-0.2, -0.15) is 0 Å². The van der Waals surface area contributed by atoms with Crippen molar-refractivity contribution in [2.24, 2.45) is 10.8 Å². The van der Waals surface area contributed by atoms with E-state index in [1.807, 2.05) is 4.90 Å². The lowest BCUT2D eigenvalue weighted by atomic mass is 9.77. The van der Waals surface area contributed by atoms with Crippen LogP contribution < -0.4 is 0 Å². The molecule has 0 atom stereocenters. The lowest BCUT2D eigenvalue weighted by Crippen LogP contribution is -2.46. The first-order valence-corrected chi connectivity index (χ1v) is 17.7. The number of carbonyl (C=O) groups is 2. The van der Waals surface area contributed by atoms with Crippen LogP contribution in [0.1, 0.15) is 88.0 Å². The van der Waals surface area contributed by atoms with Gasteiger partial charge in [0.25, 0.3) is 0 Å². The summed E-state index contributed by atoms with van der Waals surface area (Å²) in [6.07, 6.45) is 19.1. The first kappa shape index (κ1) is 33.4. The summed E-state index contributed by atoms with van der Waals surface area (Å²) in [5, 5.41) is 0. The predicted octanol–water partition coefficient (Wildman–Crippen LogP) is 5.14. The number of likely N-dealkylation sites (tertiary alicyclic amines) is 2. The van der Waals surface area contributed by atoms with Crippen LogP contribution in [-0.2, 0) is 40.3 Å². The molecule has 47 heavy (non-hydrogen) atoms. The van der Waals surface area contributed by atoms with Crippen molar-refractivity contribution in [3.63, 3.8) is 0 Å². The van der Waals surface area contributed by atoms with E-state index in [-0.39, 0.29) is 18.5 Å². The third kappa shape index (κ3) is 8.90. The third-order valence-corrected chi connectivity index (χ3v) is 11.0. The maximum Gasteiger partial charge on any atom is 0.302 e. The number of carbonyl (C=O) groups excluding carboxylic acids is 2. The fourth-order valence-corrected chi connectivity index (χ4v) is 8.37. The summed E-state index contributed by atoms with van der Waals surface area (Å²) in [5.74, 6) is 1.16. The molecular formula is C37H53N7O3. The van der Waals surface area contributed by atoms with Crippen molar-refractivity contribution < 1.29 is 14.3 Å². The number of amides is 1. The standard InChI is InChI=1S/C37H53N7O3/c1-29(45)44(27-37(28-47-30(2)46,22-34-38-15-16-39-34)23-35-40-17-18-41-35)25-32-10-8-31(9-11-32)24-42-19-12-36(26-42)13-20-43(21-14-36)33-6-4-3-5-7-33/h8-11,15-18,33H,3-7,12-14,19-28H2,1-2H3,(H,38,39)(H,40,41). The molecular weight excluding hydrogens is 590 g/mol. The van der Waals surface area contributed by atoms with E-state index in [0.717, 1.165) is 29.8 Å². The number of hydrogen-bond donors (Lipinski definition) is 2. The summed E-state index contributed by atoms with van der Waals surface area (Å²) in [6, 6.07) is 9.61. The van der Waals surface area contributed by atoms with E-state index < -0.39 is 5.41 Å². The molecule has 3 fully saturated rings. The Morgan fingerprint density at radius 1 is 0.915 bits per heavy atom. The Hall–Kier alpha value is -3.50. The van der Waals surface area contributed by atoms with Gasteiger partial charge in [0.05, 0.1) is 6.61 Å². The number of esters is 1. The number of imidazole rings is 2. The molecule has 2 N–H and O–H groups in total. The molecule has 10 nitrogen and oxygen atoms in total. The number of ether oxygens (including phenoxy) is 1. The second-order valence-electron chi connectivity index (χ2n) is 14.7. The summed E-state index contributed by atoms with van der Waals surface area (Å²) in [6.45, 7) is 9.94. The number of rotatable bonds is 13. The highest BCUT2D eigenvalue weighted by Gasteiger charge is 2.42. The number of benzene rings is 1. The van der Waals surface area contributed by atoms with E-state index in [9.17, 15) is 9.59 Å². The van der Waals surface area contributed by atoms with Crippen LogP contribution in [0.15, 0.2) is 49.1 Å².